The zero-order valence-corrected chi connectivity index (χ0v) is 11.4. The predicted octanol–water partition coefficient (Wildman–Crippen LogP) is 3.63. The standard InChI is InChI=1S/C16H22N2O/c19-16(17-13-8-2-3-9-13)18-15-11-5-7-12-6-1-4-10-14(12)15/h5,7,11,13H,1-4,6,8-10H2,(H2,17,18,19). The average Bonchev–Trinajstić information content (AvgIpc) is 2.92. The number of hydrogen-bond acceptors (Lipinski definition) is 1. The molecule has 3 nitrogen and oxygen atoms in total. The largest absolute Gasteiger partial charge is 0.335 e. The Balaban J connectivity index is 1.67. The van der Waals surface area contributed by atoms with Crippen molar-refractivity contribution < 1.29 is 4.79 Å². The summed E-state index contributed by atoms with van der Waals surface area (Å²) < 4.78 is 0. The van der Waals surface area contributed by atoms with E-state index >= 15 is 0 Å². The number of carbonyl (C=O) groups is 1. The number of carbonyl (C=O) groups excluding carboxylic acids is 1. The minimum atomic E-state index is -0.0362. The van der Waals surface area contributed by atoms with Gasteiger partial charge in [-0.25, -0.2) is 4.79 Å². The Morgan fingerprint density at radius 3 is 2.68 bits per heavy atom. The summed E-state index contributed by atoms with van der Waals surface area (Å²) in [4.78, 5) is 12.0. The summed E-state index contributed by atoms with van der Waals surface area (Å²) in [5.41, 5.74) is 3.76. The minimum Gasteiger partial charge on any atom is -0.335 e. The molecule has 2 aliphatic carbocycles. The van der Waals surface area contributed by atoms with E-state index in [0.717, 1.165) is 31.4 Å². The van der Waals surface area contributed by atoms with Crippen LogP contribution in [0.1, 0.15) is 49.7 Å². The van der Waals surface area contributed by atoms with Crippen LogP contribution in [0.25, 0.3) is 0 Å². The topological polar surface area (TPSA) is 41.1 Å². The number of urea groups is 1. The molecule has 0 aromatic heterocycles. The third kappa shape index (κ3) is 2.91. The summed E-state index contributed by atoms with van der Waals surface area (Å²) >= 11 is 0. The van der Waals surface area contributed by atoms with Gasteiger partial charge in [0.2, 0.25) is 0 Å². The monoisotopic (exact) mass is 258 g/mol. The second kappa shape index (κ2) is 5.64. The van der Waals surface area contributed by atoms with Crippen molar-refractivity contribution in [3.8, 4) is 0 Å². The first-order valence-electron chi connectivity index (χ1n) is 7.51. The van der Waals surface area contributed by atoms with Crippen molar-refractivity contribution in [1.29, 1.82) is 0 Å². The molecule has 0 aliphatic heterocycles. The molecule has 3 rings (SSSR count). The van der Waals surface area contributed by atoms with Crippen molar-refractivity contribution in [2.24, 2.45) is 0 Å². The Kier molecular flexibility index (Phi) is 3.72. The highest BCUT2D eigenvalue weighted by molar-refractivity contribution is 5.90. The fourth-order valence-corrected chi connectivity index (χ4v) is 3.31. The number of fused-ring (bicyclic) bond motifs is 1. The molecule has 102 valence electrons. The highest BCUT2D eigenvalue weighted by Gasteiger charge is 2.18. The van der Waals surface area contributed by atoms with E-state index in [1.165, 1.54) is 36.8 Å². The predicted molar refractivity (Wildman–Crippen MR) is 77.5 cm³/mol. The SMILES string of the molecule is O=C(Nc1cccc2c1CCCC2)NC1CCCC1. The molecule has 3 heteroatoms. The van der Waals surface area contributed by atoms with E-state index in [2.05, 4.69) is 22.8 Å². The summed E-state index contributed by atoms with van der Waals surface area (Å²) in [6.07, 6.45) is 9.48. The number of nitrogens with one attached hydrogen (secondary N) is 2. The number of hydrogen-bond donors (Lipinski definition) is 2. The van der Waals surface area contributed by atoms with Gasteiger partial charge in [-0.15, -0.1) is 0 Å². The quantitative estimate of drug-likeness (QED) is 0.835. The molecule has 1 aromatic carbocycles. The third-order valence-corrected chi connectivity index (χ3v) is 4.33. The maximum Gasteiger partial charge on any atom is 0.319 e. The summed E-state index contributed by atoms with van der Waals surface area (Å²) in [6.45, 7) is 0. The lowest BCUT2D eigenvalue weighted by Gasteiger charge is -2.20. The molecule has 2 N–H and O–H groups in total. The van der Waals surface area contributed by atoms with Gasteiger partial charge in [0.15, 0.2) is 0 Å². The van der Waals surface area contributed by atoms with Crippen LogP contribution in [-0.4, -0.2) is 12.1 Å². The Bertz CT molecular complexity index is 464. The van der Waals surface area contributed by atoms with Crippen LogP contribution in [0, 0.1) is 0 Å². The van der Waals surface area contributed by atoms with Crippen LogP contribution in [0.5, 0.6) is 0 Å². The molecule has 0 saturated heterocycles. The smallest absolute Gasteiger partial charge is 0.319 e. The van der Waals surface area contributed by atoms with Gasteiger partial charge in [-0.3, -0.25) is 0 Å². The molecule has 0 atom stereocenters. The van der Waals surface area contributed by atoms with Crippen LogP contribution in [0.2, 0.25) is 0 Å². The van der Waals surface area contributed by atoms with Gasteiger partial charge in [-0.2, -0.15) is 0 Å². The summed E-state index contributed by atoms with van der Waals surface area (Å²) in [6, 6.07) is 6.60. The third-order valence-electron chi connectivity index (χ3n) is 4.33. The van der Waals surface area contributed by atoms with Crippen molar-refractivity contribution in [2.75, 3.05) is 5.32 Å². The van der Waals surface area contributed by atoms with Crippen LogP contribution >= 0.6 is 0 Å². The lowest BCUT2D eigenvalue weighted by molar-refractivity contribution is 0.248. The van der Waals surface area contributed by atoms with Gasteiger partial charge in [0, 0.05) is 11.7 Å². The Morgan fingerprint density at radius 2 is 1.84 bits per heavy atom. The molecule has 0 heterocycles. The van der Waals surface area contributed by atoms with E-state index < -0.39 is 0 Å². The molecule has 0 unspecified atom stereocenters. The maximum absolute atomic E-state index is 12.0. The molecule has 1 saturated carbocycles. The first kappa shape index (κ1) is 12.5. The van der Waals surface area contributed by atoms with Gasteiger partial charge < -0.3 is 10.6 Å². The Hall–Kier alpha value is -1.51. The van der Waals surface area contributed by atoms with Gasteiger partial charge in [0.05, 0.1) is 0 Å². The summed E-state index contributed by atoms with van der Waals surface area (Å²) in [5.74, 6) is 0. The van der Waals surface area contributed by atoms with Crippen molar-refractivity contribution in [2.45, 2.75) is 57.4 Å². The molecular weight excluding hydrogens is 236 g/mol. The normalized spacial score (nSPS) is 18.9. The summed E-state index contributed by atoms with van der Waals surface area (Å²) in [7, 11) is 0. The molecule has 0 bridgehead atoms. The van der Waals surface area contributed by atoms with Crippen molar-refractivity contribution in [1.82, 2.24) is 5.32 Å². The zero-order valence-electron chi connectivity index (χ0n) is 11.4. The molecular formula is C16H22N2O. The van der Waals surface area contributed by atoms with Crippen molar-refractivity contribution >= 4 is 11.7 Å². The van der Waals surface area contributed by atoms with Gasteiger partial charge >= 0.3 is 6.03 Å². The second-order valence-corrected chi connectivity index (χ2v) is 5.73. The number of aryl methyl sites for hydroxylation is 1. The lowest BCUT2D eigenvalue weighted by Crippen LogP contribution is -2.36. The second-order valence-electron chi connectivity index (χ2n) is 5.73. The van der Waals surface area contributed by atoms with E-state index in [1.54, 1.807) is 0 Å². The van der Waals surface area contributed by atoms with Crippen molar-refractivity contribution in [3.05, 3.63) is 29.3 Å². The van der Waals surface area contributed by atoms with E-state index in [0.29, 0.717) is 6.04 Å². The first-order valence-corrected chi connectivity index (χ1v) is 7.51. The molecule has 19 heavy (non-hydrogen) atoms. The number of rotatable bonds is 2. The number of amides is 2. The van der Waals surface area contributed by atoms with E-state index in [-0.39, 0.29) is 6.03 Å². The molecule has 0 radical (unpaired) electrons. The van der Waals surface area contributed by atoms with Crippen LogP contribution in [0.3, 0.4) is 0 Å². The number of anilines is 1. The zero-order chi connectivity index (χ0) is 13.1. The highest BCUT2D eigenvalue weighted by atomic mass is 16.2. The van der Waals surface area contributed by atoms with Crippen LogP contribution in [0.15, 0.2) is 18.2 Å². The van der Waals surface area contributed by atoms with Gasteiger partial charge in [0.1, 0.15) is 0 Å². The van der Waals surface area contributed by atoms with Crippen molar-refractivity contribution in [3.63, 3.8) is 0 Å². The van der Waals surface area contributed by atoms with Gasteiger partial charge in [-0.05, 0) is 55.7 Å². The lowest BCUT2D eigenvalue weighted by atomic mass is 9.90. The van der Waals surface area contributed by atoms with Crippen LogP contribution in [0.4, 0.5) is 10.5 Å². The summed E-state index contributed by atoms with van der Waals surface area (Å²) in [5, 5.41) is 6.13. The van der Waals surface area contributed by atoms with Gasteiger partial charge in [-0.1, -0.05) is 25.0 Å². The molecule has 1 aromatic rings. The average molecular weight is 258 g/mol. The fourth-order valence-electron chi connectivity index (χ4n) is 3.31. The van der Waals surface area contributed by atoms with E-state index in [4.69, 9.17) is 0 Å². The Morgan fingerprint density at radius 1 is 1.05 bits per heavy atom. The molecule has 2 aliphatic rings. The van der Waals surface area contributed by atoms with E-state index in [1.807, 2.05) is 6.07 Å². The maximum atomic E-state index is 12.0. The number of benzene rings is 1. The molecule has 2 amide bonds. The fraction of sp³-hybridized carbons (Fsp3) is 0.562. The van der Waals surface area contributed by atoms with Crippen LogP contribution in [-0.2, 0) is 12.8 Å². The first-order chi connectivity index (χ1) is 9.33. The highest BCUT2D eigenvalue weighted by Crippen LogP contribution is 2.27. The van der Waals surface area contributed by atoms with E-state index in [9.17, 15) is 4.79 Å². The molecule has 0 spiro atoms. The molecule has 1 fully saturated rings. The van der Waals surface area contributed by atoms with Crippen LogP contribution < -0.4 is 10.6 Å². The Labute approximate surface area is 114 Å². The van der Waals surface area contributed by atoms with Gasteiger partial charge in [0.25, 0.3) is 0 Å². The minimum absolute atomic E-state index is 0.0362.